The molecule has 0 aromatic heterocycles. The molecule has 1 aromatic carbocycles. The van der Waals surface area contributed by atoms with Gasteiger partial charge in [0.15, 0.2) is 0 Å². The lowest BCUT2D eigenvalue weighted by atomic mass is 10.2. The van der Waals surface area contributed by atoms with Crippen molar-refractivity contribution >= 4 is 0 Å². The first-order valence-electron chi connectivity index (χ1n) is 3.66. The third kappa shape index (κ3) is 2.65. The quantitative estimate of drug-likeness (QED) is 0.693. The van der Waals surface area contributed by atoms with Gasteiger partial charge in [-0.1, -0.05) is 6.07 Å². The van der Waals surface area contributed by atoms with E-state index >= 15 is 0 Å². The van der Waals surface area contributed by atoms with E-state index in [-0.39, 0.29) is 5.75 Å². The molecular weight excluding hydrogens is 181 g/mol. The fourth-order valence-electron chi connectivity index (χ4n) is 0.882. The van der Waals surface area contributed by atoms with Gasteiger partial charge in [-0.25, -0.2) is 0 Å². The molecule has 1 radical (unpaired) electrons. The van der Waals surface area contributed by atoms with Crippen molar-refractivity contribution in [2.45, 2.75) is 13.1 Å². The van der Waals surface area contributed by atoms with Crippen molar-refractivity contribution < 1.29 is 17.9 Å². The minimum Gasteiger partial charge on any atom is -0.487 e. The van der Waals surface area contributed by atoms with Crippen molar-refractivity contribution in [2.24, 2.45) is 0 Å². The summed E-state index contributed by atoms with van der Waals surface area (Å²) in [4.78, 5) is 0. The maximum Gasteiger partial charge on any atom is 0.416 e. The molecule has 1 rings (SSSR count). The zero-order valence-electron chi connectivity index (χ0n) is 6.93. The molecule has 0 saturated heterocycles. The van der Waals surface area contributed by atoms with Crippen molar-refractivity contribution in [2.75, 3.05) is 0 Å². The number of halogens is 3. The summed E-state index contributed by atoms with van der Waals surface area (Å²) < 4.78 is 41.2. The largest absolute Gasteiger partial charge is 0.487 e. The molecule has 13 heavy (non-hydrogen) atoms. The first-order chi connectivity index (χ1) is 6.04. The summed E-state index contributed by atoms with van der Waals surface area (Å²) in [5, 5.41) is 0. The Hall–Kier alpha value is -1.19. The summed E-state index contributed by atoms with van der Waals surface area (Å²) in [7, 11) is 0. The predicted molar refractivity (Wildman–Crippen MR) is 42.0 cm³/mol. The Kier molecular flexibility index (Phi) is 2.80. The zero-order valence-corrected chi connectivity index (χ0v) is 6.93. The molecule has 0 saturated carbocycles. The van der Waals surface area contributed by atoms with Crippen LogP contribution in [0.5, 0.6) is 5.75 Å². The summed E-state index contributed by atoms with van der Waals surface area (Å²) in [5.74, 6) is 0.192. The molecule has 0 fully saturated rings. The second kappa shape index (κ2) is 3.68. The van der Waals surface area contributed by atoms with E-state index in [0.717, 1.165) is 12.1 Å². The van der Waals surface area contributed by atoms with Gasteiger partial charge in [0.05, 0.1) is 5.56 Å². The smallest absolute Gasteiger partial charge is 0.416 e. The Bertz CT molecular complexity index is 280. The highest BCUT2D eigenvalue weighted by molar-refractivity contribution is 5.30. The Morgan fingerprint density at radius 2 is 2.00 bits per heavy atom. The van der Waals surface area contributed by atoms with Crippen LogP contribution in [0, 0.1) is 6.61 Å². The van der Waals surface area contributed by atoms with Crippen LogP contribution >= 0.6 is 0 Å². The predicted octanol–water partition coefficient (Wildman–Crippen LogP) is 3.27. The molecule has 0 unspecified atom stereocenters. The maximum atomic E-state index is 12.1. The van der Waals surface area contributed by atoms with Crippen LogP contribution in [0.15, 0.2) is 24.3 Å². The van der Waals surface area contributed by atoms with Gasteiger partial charge in [0, 0.05) is 0 Å². The molecule has 1 nitrogen and oxygen atoms in total. The number of hydrogen-bond donors (Lipinski definition) is 0. The molecule has 4 heteroatoms. The van der Waals surface area contributed by atoms with Gasteiger partial charge in [0.1, 0.15) is 12.4 Å². The molecule has 0 heterocycles. The molecule has 1 aromatic rings. The van der Waals surface area contributed by atoms with E-state index in [1.807, 2.05) is 0 Å². The maximum absolute atomic E-state index is 12.1. The first-order valence-corrected chi connectivity index (χ1v) is 3.66. The van der Waals surface area contributed by atoms with Gasteiger partial charge in [-0.05, 0) is 25.1 Å². The van der Waals surface area contributed by atoms with Gasteiger partial charge in [0.25, 0.3) is 0 Å². The number of alkyl halides is 3. The molecule has 71 valence electrons. The minimum atomic E-state index is -4.31. The van der Waals surface area contributed by atoms with Crippen LogP contribution in [0.2, 0.25) is 0 Å². The van der Waals surface area contributed by atoms with Gasteiger partial charge in [0.2, 0.25) is 0 Å². The molecule has 0 aliphatic carbocycles. The second-order valence-corrected chi connectivity index (χ2v) is 2.38. The Labute approximate surface area is 74.1 Å². The van der Waals surface area contributed by atoms with E-state index in [9.17, 15) is 13.2 Å². The van der Waals surface area contributed by atoms with Crippen LogP contribution in [-0.2, 0) is 6.18 Å². The molecule has 0 aliphatic rings. The lowest BCUT2D eigenvalue weighted by Gasteiger charge is -2.08. The Morgan fingerprint density at radius 1 is 1.31 bits per heavy atom. The molecule has 0 N–H and O–H groups in total. The summed E-state index contributed by atoms with van der Waals surface area (Å²) in [6, 6.07) is 4.74. The standard InChI is InChI=1S/C9H8F3O/c1-2-13-8-5-3-4-7(6-8)9(10,11)12/h2-6H,1H3. The van der Waals surface area contributed by atoms with Gasteiger partial charge in [-0.15, -0.1) is 0 Å². The number of rotatable bonds is 2. The lowest BCUT2D eigenvalue weighted by molar-refractivity contribution is -0.137. The van der Waals surface area contributed by atoms with Crippen molar-refractivity contribution in [3.8, 4) is 5.75 Å². The molecule has 0 bridgehead atoms. The fraction of sp³-hybridized carbons (Fsp3) is 0.222. The lowest BCUT2D eigenvalue weighted by Crippen LogP contribution is -2.04. The van der Waals surface area contributed by atoms with Crippen LogP contribution in [0.25, 0.3) is 0 Å². The molecule has 0 atom stereocenters. The SMILES string of the molecule is C[CH]Oc1cccc(C(F)(F)F)c1. The second-order valence-electron chi connectivity index (χ2n) is 2.38. The highest BCUT2D eigenvalue weighted by atomic mass is 19.4. The topological polar surface area (TPSA) is 9.23 Å². The number of ether oxygens (including phenoxy) is 1. The van der Waals surface area contributed by atoms with Crippen LogP contribution in [0.1, 0.15) is 12.5 Å². The average molecular weight is 189 g/mol. The summed E-state index contributed by atoms with van der Waals surface area (Å²) in [5.41, 5.74) is -0.702. The van der Waals surface area contributed by atoms with Gasteiger partial charge in [-0.2, -0.15) is 13.2 Å². The third-order valence-electron chi connectivity index (χ3n) is 1.42. The van der Waals surface area contributed by atoms with E-state index in [2.05, 4.69) is 0 Å². The molecule has 0 aliphatic heterocycles. The highest BCUT2D eigenvalue weighted by Crippen LogP contribution is 2.31. The van der Waals surface area contributed by atoms with Crippen molar-refractivity contribution in [3.63, 3.8) is 0 Å². The highest BCUT2D eigenvalue weighted by Gasteiger charge is 2.30. The van der Waals surface area contributed by atoms with Crippen LogP contribution < -0.4 is 4.74 Å². The van der Waals surface area contributed by atoms with Gasteiger partial charge < -0.3 is 4.74 Å². The normalized spacial score (nSPS) is 11.4. The van der Waals surface area contributed by atoms with E-state index in [1.54, 1.807) is 6.92 Å². The monoisotopic (exact) mass is 189 g/mol. The first kappa shape index (κ1) is 9.89. The van der Waals surface area contributed by atoms with Crippen LogP contribution in [0.3, 0.4) is 0 Å². The van der Waals surface area contributed by atoms with Crippen molar-refractivity contribution in [3.05, 3.63) is 36.4 Å². The third-order valence-corrected chi connectivity index (χ3v) is 1.42. The minimum absolute atomic E-state index is 0.192. The number of hydrogen-bond acceptors (Lipinski definition) is 1. The summed E-state index contributed by atoms with van der Waals surface area (Å²) >= 11 is 0. The zero-order chi connectivity index (χ0) is 9.90. The van der Waals surface area contributed by atoms with E-state index in [1.165, 1.54) is 18.7 Å². The van der Waals surface area contributed by atoms with Crippen LogP contribution in [-0.4, -0.2) is 0 Å². The van der Waals surface area contributed by atoms with Crippen molar-refractivity contribution in [1.29, 1.82) is 0 Å². The van der Waals surface area contributed by atoms with Crippen LogP contribution in [0.4, 0.5) is 13.2 Å². The van der Waals surface area contributed by atoms with Crippen molar-refractivity contribution in [1.82, 2.24) is 0 Å². The number of benzene rings is 1. The Balaban J connectivity index is 2.92. The molecular formula is C9H8F3O. The summed E-state index contributed by atoms with van der Waals surface area (Å²) in [6.07, 6.45) is -4.31. The molecule has 0 spiro atoms. The van der Waals surface area contributed by atoms with Gasteiger partial charge >= 0.3 is 6.18 Å². The van der Waals surface area contributed by atoms with Gasteiger partial charge in [-0.3, -0.25) is 0 Å². The average Bonchev–Trinajstić information content (AvgIpc) is 2.04. The summed E-state index contributed by atoms with van der Waals surface area (Å²) in [6.45, 7) is 2.93. The van der Waals surface area contributed by atoms with E-state index < -0.39 is 11.7 Å². The molecule has 0 amide bonds. The van der Waals surface area contributed by atoms with E-state index in [0.29, 0.717) is 0 Å². The Morgan fingerprint density at radius 3 is 2.54 bits per heavy atom. The van der Waals surface area contributed by atoms with E-state index in [4.69, 9.17) is 4.74 Å². The fourth-order valence-corrected chi connectivity index (χ4v) is 0.882.